The van der Waals surface area contributed by atoms with E-state index in [2.05, 4.69) is 5.32 Å². The monoisotopic (exact) mass is 432 g/mol. The molecule has 2 aromatic carbocycles. The van der Waals surface area contributed by atoms with Crippen LogP contribution >= 0.6 is 11.6 Å². The lowest BCUT2D eigenvalue weighted by Crippen LogP contribution is -2.31. The molecule has 0 saturated carbocycles. The van der Waals surface area contributed by atoms with Gasteiger partial charge >= 0.3 is 0 Å². The van der Waals surface area contributed by atoms with Crippen LogP contribution in [0.3, 0.4) is 0 Å². The molecule has 0 aliphatic heterocycles. The molecule has 1 amide bonds. The fraction of sp³-hybridized carbons (Fsp3) is 0.120. The zero-order valence-corrected chi connectivity index (χ0v) is 17.7. The van der Waals surface area contributed by atoms with E-state index in [1.807, 2.05) is 67.6 Å². The molecule has 4 aromatic rings. The molecule has 0 unspecified atom stereocenters. The van der Waals surface area contributed by atoms with Crippen LogP contribution in [0.15, 0.2) is 79.0 Å². The largest absolute Gasteiger partial charge is 0.494 e. The Kier molecular flexibility index (Phi) is 6.05. The number of ether oxygens (including phenoxy) is 1. The van der Waals surface area contributed by atoms with Gasteiger partial charge < -0.3 is 14.5 Å². The molecular weight excluding hydrogens is 412 g/mol. The first-order chi connectivity index (χ1) is 15.1. The van der Waals surface area contributed by atoms with Crippen LogP contribution < -0.4 is 10.1 Å². The molecule has 6 heteroatoms. The van der Waals surface area contributed by atoms with E-state index in [0.29, 0.717) is 22.9 Å². The molecule has 5 nitrogen and oxygen atoms in total. The van der Waals surface area contributed by atoms with Gasteiger partial charge in [-0.1, -0.05) is 41.9 Å². The van der Waals surface area contributed by atoms with Crippen molar-refractivity contribution < 1.29 is 14.3 Å². The Balaban J connectivity index is 1.65. The zero-order valence-electron chi connectivity index (χ0n) is 17.0. The zero-order chi connectivity index (χ0) is 21.8. The molecule has 0 aliphatic rings. The smallest absolute Gasteiger partial charge is 0.294 e. The summed E-state index contributed by atoms with van der Waals surface area (Å²) in [6.45, 7) is 2.74. The van der Waals surface area contributed by atoms with Crippen molar-refractivity contribution in [3.63, 3.8) is 0 Å². The van der Waals surface area contributed by atoms with E-state index in [-0.39, 0.29) is 6.54 Å². The number of carbonyl (C=O) groups is 2. The highest BCUT2D eigenvalue weighted by Gasteiger charge is 2.24. The van der Waals surface area contributed by atoms with E-state index in [1.165, 1.54) is 0 Å². The first kappa shape index (κ1) is 20.7. The average Bonchev–Trinajstić information content (AvgIpc) is 3.18. The summed E-state index contributed by atoms with van der Waals surface area (Å²) in [6.07, 6.45) is 1.78. The van der Waals surface area contributed by atoms with Gasteiger partial charge in [-0.05, 0) is 60.5 Å². The van der Waals surface area contributed by atoms with Crippen LogP contribution in [0.1, 0.15) is 23.0 Å². The first-order valence-corrected chi connectivity index (χ1v) is 10.3. The van der Waals surface area contributed by atoms with Crippen LogP contribution in [-0.4, -0.2) is 22.7 Å². The molecule has 2 heterocycles. The molecule has 0 spiro atoms. The highest BCUT2D eigenvalue weighted by molar-refractivity contribution is 6.43. The second kappa shape index (κ2) is 9.06. The summed E-state index contributed by atoms with van der Waals surface area (Å²) in [7, 11) is 0. The Morgan fingerprint density at radius 1 is 1.00 bits per heavy atom. The summed E-state index contributed by atoms with van der Waals surface area (Å²) in [5, 5.41) is 3.33. The number of hydrogen-bond acceptors (Lipinski definition) is 3. The minimum absolute atomic E-state index is 0.240. The van der Waals surface area contributed by atoms with Gasteiger partial charge in [0.15, 0.2) is 0 Å². The molecule has 0 bridgehead atoms. The second-order valence-electron chi connectivity index (χ2n) is 7.00. The van der Waals surface area contributed by atoms with Crippen LogP contribution in [0.25, 0.3) is 16.6 Å². The van der Waals surface area contributed by atoms with Crippen molar-refractivity contribution in [2.45, 2.75) is 13.5 Å². The van der Waals surface area contributed by atoms with E-state index in [9.17, 15) is 9.59 Å². The van der Waals surface area contributed by atoms with Gasteiger partial charge in [0.05, 0.1) is 6.61 Å². The number of ketones is 1. The van der Waals surface area contributed by atoms with E-state index in [4.69, 9.17) is 16.3 Å². The van der Waals surface area contributed by atoms with Crippen molar-refractivity contribution in [3.8, 4) is 16.9 Å². The Bertz CT molecular complexity index is 1230. The highest BCUT2D eigenvalue weighted by atomic mass is 35.5. The van der Waals surface area contributed by atoms with Crippen LogP contribution in [0.4, 0.5) is 0 Å². The van der Waals surface area contributed by atoms with Crippen LogP contribution in [0.2, 0.25) is 5.02 Å². The molecule has 2 aromatic heterocycles. The lowest BCUT2D eigenvalue weighted by molar-refractivity contribution is -0.117. The van der Waals surface area contributed by atoms with Gasteiger partial charge in [0.25, 0.3) is 11.7 Å². The van der Waals surface area contributed by atoms with E-state index < -0.39 is 11.7 Å². The van der Waals surface area contributed by atoms with Gasteiger partial charge in [0.1, 0.15) is 11.4 Å². The minimum Gasteiger partial charge on any atom is -0.494 e. The van der Waals surface area contributed by atoms with Crippen LogP contribution in [0.5, 0.6) is 5.75 Å². The number of rotatable bonds is 7. The average molecular weight is 433 g/mol. The lowest BCUT2D eigenvalue weighted by atomic mass is 10.0. The van der Waals surface area contributed by atoms with Crippen molar-refractivity contribution in [3.05, 3.63) is 95.3 Å². The number of pyridine rings is 1. The molecule has 0 atom stereocenters. The van der Waals surface area contributed by atoms with Crippen molar-refractivity contribution in [2.24, 2.45) is 0 Å². The summed E-state index contributed by atoms with van der Waals surface area (Å²) in [6, 6.07) is 22.1. The molecular formula is C25H21ClN2O3. The summed E-state index contributed by atoms with van der Waals surface area (Å²) in [5.74, 6) is -0.501. The van der Waals surface area contributed by atoms with Crippen molar-refractivity contribution in [1.82, 2.24) is 9.72 Å². The first-order valence-electron chi connectivity index (χ1n) is 9.97. The number of nitrogens with one attached hydrogen (secondary N) is 1. The number of carbonyl (C=O) groups excluding carboxylic acids is 2. The van der Waals surface area contributed by atoms with E-state index >= 15 is 0 Å². The van der Waals surface area contributed by atoms with Crippen LogP contribution in [0, 0.1) is 0 Å². The number of nitrogens with zero attached hydrogens (tertiary/aromatic N) is 1. The molecule has 1 N–H and O–H groups in total. The van der Waals surface area contributed by atoms with Crippen LogP contribution in [-0.2, 0) is 11.3 Å². The maximum absolute atomic E-state index is 13.2. The Morgan fingerprint density at radius 2 is 1.74 bits per heavy atom. The normalized spacial score (nSPS) is 10.8. The number of fused-ring (bicyclic) bond motifs is 1. The molecule has 4 rings (SSSR count). The van der Waals surface area contributed by atoms with Crippen molar-refractivity contribution in [2.75, 3.05) is 6.61 Å². The summed E-state index contributed by atoms with van der Waals surface area (Å²) < 4.78 is 7.25. The third kappa shape index (κ3) is 4.47. The maximum atomic E-state index is 13.2. The number of halogens is 1. The maximum Gasteiger partial charge on any atom is 0.294 e. The quantitative estimate of drug-likeness (QED) is 0.324. The predicted octanol–water partition coefficient (Wildman–Crippen LogP) is 5.16. The van der Waals surface area contributed by atoms with Gasteiger partial charge in [-0.25, -0.2) is 0 Å². The standard InChI is InChI=1S/C25H21ClN2O3/c1-2-31-21-12-8-18(9-13-21)22-15-20-5-3-4-14-28(20)23(22)24(29)25(30)27-16-17-6-10-19(26)11-7-17/h3-15H,2,16H2,1H3,(H,27,30). The van der Waals surface area contributed by atoms with Gasteiger partial charge in [-0.3, -0.25) is 9.59 Å². The van der Waals surface area contributed by atoms with Gasteiger partial charge in [-0.15, -0.1) is 0 Å². The number of aromatic nitrogens is 1. The van der Waals surface area contributed by atoms with E-state index in [1.54, 1.807) is 22.7 Å². The topological polar surface area (TPSA) is 59.8 Å². The molecule has 0 aliphatic carbocycles. The summed E-state index contributed by atoms with van der Waals surface area (Å²) >= 11 is 5.90. The highest BCUT2D eigenvalue weighted by Crippen LogP contribution is 2.30. The lowest BCUT2D eigenvalue weighted by Gasteiger charge is -2.09. The van der Waals surface area contributed by atoms with Crippen molar-refractivity contribution in [1.29, 1.82) is 0 Å². The van der Waals surface area contributed by atoms with Crippen molar-refractivity contribution >= 4 is 28.8 Å². The van der Waals surface area contributed by atoms with Gasteiger partial charge in [0, 0.05) is 28.8 Å². The third-order valence-electron chi connectivity index (χ3n) is 4.94. The Morgan fingerprint density at radius 3 is 2.45 bits per heavy atom. The third-order valence-corrected chi connectivity index (χ3v) is 5.20. The van der Waals surface area contributed by atoms with Gasteiger partial charge in [-0.2, -0.15) is 0 Å². The Hall–Kier alpha value is -3.57. The molecule has 0 saturated heterocycles. The Labute approximate surface area is 185 Å². The second-order valence-corrected chi connectivity index (χ2v) is 7.43. The summed E-state index contributed by atoms with van der Waals surface area (Å²) in [4.78, 5) is 25.9. The fourth-order valence-corrected chi connectivity index (χ4v) is 3.57. The minimum atomic E-state index is -0.661. The SMILES string of the molecule is CCOc1ccc(-c2cc3ccccn3c2C(=O)C(=O)NCc2ccc(Cl)cc2)cc1. The fourth-order valence-electron chi connectivity index (χ4n) is 3.45. The number of amides is 1. The molecule has 0 fully saturated rings. The van der Waals surface area contributed by atoms with E-state index in [0.717, 1.165) is 22.4 Å². The molecule has 156 valence electrons. The number of hydrogen-bond donors (Lipinski definition) is 1. The molecule has 31 heavy (non-hydrogen) atoms. The number of Topliss-reactive ketones (excluding diaryl/α,β-unsaturated/α-hetero) is 1. The van der Waals surface area contributed by atoms with Gasteiger partial charge in [0.2, 0.25) is 0 Å². The predicted molar refractivity (Wildman–Crippen MR) is 122 cm³/mol. The number of benzene rings is 2. The molecule has 0 radical (unpaired) electrons. The summed E-state index contributed by atoms with van der Waals surface area (Å²) in [5.41, 5.74) is 3.55.